The predicted molar refractivity (Wildman–Crippen MR) is 71.6 cm³/mol. The van der Waals surface area contributed by atoms with E-state index in [0.717, 1.165) is 5.69 Å². The molecule has 0 radical (unpaired) electrons. The molecule has 0 saturated heterocycles. The minimum absolute atomic E-state index is 0.118. The second kappa shape index (κ2) is 5.26. The Hall–Kier alpha value is -1.76. The van der Waals surface area contributed by atoms with E-state index in [9.17, 15) is 4.79 Å². The van der Waals surface area contributed by atoms with Gasteiger partial charge in [0.25, 0.3) is 5.56 Å². The minimum Gasteiger partial charge on any atom is -0.357 e. The predicted octanol–water partition coefficient (Wildman–Crippen LogP) is 1.19. The van der Waals surface area contributed by atoms with E-state index in [1.54, 1.807) is 30.8 Å². The van der Waals surface area contributed by atoms with Gasteiger partial charge in [-0.15, -0.1) is 0 Å². The zero-order valence-electron chi connectivity index (χ0n) is 10.0. The number of halogens is 1. The van der Waals surface area contributed by atoms with Crippen LogP contribution in [0.3, 0.4) is 0 Å². The summed E-state index contributed by atoms with van der Waals surface area (Å²) in [7, 11) is 1.75. The molecule has 0 aliphatic heterocycles. The van der Waals surface area contributed by atoms with Crippen molar-refractivity contribution >= 4 is 21.9 Å². The molecule has 0 bridgehead atoms. The quantitative estimate of drug-likeness (QED) is 0.922. The summed E-state index contributed by atoms with van der Waals surface area (Å²) in [6, 6.07) is 1.77. The number of hydrogen-bond donors (Lipinski definition) is 1. The fourth-order valence-corrected chi connectivity index (χ4v) is 1.82. The van der Waals surface area contributed by atoms with Crippen LogP contribution >= 0.6 is 15.9 Å². The van der Waals surface area contributed by atoms with E-state index in [0.29, 0.717) is 22.8 Å². The lowest BCUT2D eigenvalue weighted by Gasteiger charge is -2.09. The van der Waals surface area contributed by atoms with Crippen LogP contribution in [0, 0.1) is 6.92 Å². The number of nitrogens with one attached hydrogen (secondary N) is 1. The molecule has 6 nitrogen and oxygen atoms in total. The van der Waals surface area contributed by atoms with Gasteiger partial charge in [-0.05, 0) is 28.9 Å². The SMILES string of the molecule is CNc1nccc(Cn2c(C)ncc(Br)c2=O)n1. The van der Waals surface area contributed by atoms with Crippen LogP contribution in [0.4, 0.5) is 5.95 Å². The molecule has 7 heteroatoms. The molecule has 0 unspecified atom stereocenters. The van der Waals surface area contributed by atoms with Crippen LogP contribution in [0.5, 0.6) is 0 Å². The molecular formula is C11H12BrN5O. The number of nitrogens with zero attached hydrogens (tertiary/aromatic N) is 4. The maximum Gasteiger partial charge on any atom is 0.268 e. The maximum atomic E-state index is 12.0. The molecule has 1 N–H and O–H groups in total. The van der Waals surface area contributed by atoms with Crippen molar-refractivity contribution in [3.8, 4) is 0 Å². The highest BCUT2D eigenvalue weighted by atomic mass is 79.9. The highest BCUT2D eigenvalue weighted by Gasteiger charge is 2.07. The van der Waals surface area contributed by atoms with Gasteiger partial charge < -0.3 is 5.32 Å². The topological polar surface area (TPSA) is 72.7 Å². The Kier molecular flexibility index (Phi) is 3.71. The third-order valence-electron chi connectivity index (χ3n) is 2.46. The van der Waals surface area contributed by atoms with Crippen molar-refractivity contribution in [2.24, 2.45) is 0 Å². The summed E-state index contributed by atoms with van der Waals surface area (Å²) in [5, 5.41) is 2.86. The smallest absolute Gasteiger partial charge is 0.268 e. The van der Waals surface area contributed by atoms with Gasteiger partial charge in [0.2, 0.25) is 5.95 Å². The van der Waals surface area contributed by atoms with Gasteiger partial charge in [0.05, 0.1) is 12.2 Å². The Morgan fingerprint density at radius 1 is 1.44 bits per heavy atom. The van der Waals surface area contributed by atoms with Crippen LogP contribution in [0.2, 0.25) is 0 Å². The first kappa shape index (κ1) is 12.7. The monoisotopic (exact) mass is 309 g/mol. The van der Waals surface area contributed by atoms with Crippen molar-refractivity contribution in [3.63, 3.8) is 0 Å². The second-order valence-corrected chi connectivity index (χ2v) is 4.52. The standard InChI is InChI=1S/C11H12BrN5O/c1-7-15-5-9(12)10(18)17(7)6-8-3-4-14-11(13-2)16-8/h3-5H,6H2,1-2H3,(H,13,14,16). The van der Waals surface area contributed by atoms with Gasteiger partial charge in [0, 0.05) is 19.4 Å². The summed E-state index contributed by atoms with van der Waals surface area (Å²) < 4.78 is 2.00. The van der Waals surface area contributed by atoms with Crippen molar-refractivity contribution < 1.29 is 0 Å². The Labute approximate surface area is 112 Å². The molecular weight excluding hydrogens is 298 g/mol. The fraction of sp³-hybridized carbons (Fsp3) is 0.273. The Morgan fingerprint density at radius 2 is 2.22 bits per heavy atom. The van der Waals surface area contributed by atoms with E-state index >= 15 is 0 Å². The molecule has 2 aromatic heterocycles. The second-order valence-electron chi connectivity index (χ2n) is 3.67. The fourth-order valence-electron chi connectivity index (χ4n) is 1.50. The van der Waals surface area contributed by atoms with E-state index in [1.807, 2.05) is 0 Å². The highest BCUT2D eigenvalue weighted by molar-refractivity contribution is 9.10. The van der Waals surface area contributed by atoms with Crippen LogP contribution in [0.15, 0.2) is 27.7 Å². The molecule has 0 amide bonds. The zero-order chi connectivity index (χ0) is 13.1. The van der Waals surface area contributed by atoms with Crippen molar-refractivity contribution in [1.29, 1.82) is 0 Å². The van der Waals surface area contributed by atoms with E-state index in [-0.39, 0.29) is 5.56 Å². The lowest BCUT2D eigenvalue weighted by molar-refractivity contribution is 0.681. The maximum absolute atomic E-state index is 12.0. The van der Waals surface area contributed by atoms with Crippen LogP contribution in [0.1, 0.15) is 11.5 Å². The summed E-state index contributed by atoms with van der Waals surface area (Å²) in [6.07, 6.45) is 3.16. The van der Waals surface area contributed by atoms with E-state index in [4.69, 9.17) is 0 Å². The molecule has 0 fully saturated rings. The first-order chi connectivity index (χ1) is 8.61. The van der Waals surface area contributed by atoms with E-state index < -0.39 is 0 Å². The van der Waals surface area contributed by atoms with Crippen LogP contribution in [-0.2, 0) is 6.54 Å². The van der Waals surface area contributed by atoms with Crippen molar-refractivity contribution in [3.05, 3.63) is 44.8 Å². The third kappa shape index (κ3) is 2.56. The van der Waals surface area contributed by atoms with Crippen LogP contribution < -0.4 is 10.9 Å². The van der Waals surface area contributed by atoms with Gasteiger partial charge in [0.15, 0.2) is 0 Å². The molecule has 2 aromatic rings. The molecule has 0 aromatic carbocycles. The minimum atomic E-state index is -0.118. The average molecular weight is 310 g/mol. The number of anilines is 1. The highest BCUT2D eigenvalue weighted by Crippen LogP contribution is 2.05. The molecule has 0 saturated carbocycles. The average Bonchev–Trinajstić information content (AvgIpc) is 2.39. The van der Waals surface area contributed by atoms with Gasteiger partial charge in [0.1, 0.15) is 10.3 Å². The van der Waals surface area contributed by atoms with Crippen LogP contribution in [0.25, 0.3) is 0 Å². The third-order valence-corrected chi connectivity index (χ3v) is 3.01. The van der Waals surface area contributed by atoms with E-state index in [1.165, 1.54) is 6.20 Å². The lowest BCUT2D eigenvalue weighted by atomic mass is 10.4. The first-order valence-electron chi connectivity index (χ1n) is 5.33. The summed E-state index contributed by atoms with van der Waals surface area (Å²) in [5.74, 6) is 1.17. The molecule has 2 rings (SSSR count). The summed E-state index contributed by atoms with van der Waals surface area (Å²) in [6.45, 7) is 2.16. The van der Waals surface area contributed by atoms with Crippen molar-refractivity contribution in [1.82, 2.24) is 19.5 Å². The normalized spacial score (nSPS) is 10.4. The summed E-state index contributed by atoms with van der Waals surface area (Å²) in [5.41, 5.74) is 0.631. The van der Waals surface area contributed by atoms with Gasteiger partial charge in [-0.1, -0.05) is 0 Å². The summed E-state index contributed by atoms with van der Waals surface area (Å²) >= 11 is 3.18. The molecule has 94 valence electrons. The first-order valence-corrected chi connectivity index (χ1v) is 6.12. The Balaban J connectivity index is 2.40. The van der Waals surface area contributed by atoms with Crippen molar-refractivity contribution in [2.75, 3.05) is 12.4 Å². The molecule has 0 atom stereocenters. The molecule has 0 aliphatic carbocycles. The number of aromatic nitrogens is 4. The Bertz CT molecular complexity index is 625. The molecule has 0 spiro atoms. The lowest BCUT2D eigenvalue weighted by Crippen LogP contribution is -2.25. The van der Waals surface area contributed by atoms with Gasteiger partial charge in [-0.2, -0.15) is 0 Å². The number of rotatable bonds is 3. The van der Waals surface area contributed by atoms with Gasteiger partial charge >= 0.3 is 0 Å². The van der Waals surface area contributed by atoms with Crippen molar-refractivity contribution in [2.45, 2.75) is 13.5 Å². The number of hydrogen-bond acceptors (Lipinski definition) is 5. The molecule has 2 heterocycles. The van der Waals surface area contributed by atoms with Gasteiger partial charge in [-0.25, -0.2) is 15.0 Å². The zero-order valence-corrected chi connectivity index (χ0v) is 11.6. The van der Waals surface area contributed by atoms with Gasteiger partial charge in [-0.3, -0.25) is 9.36 Å². The Morgan fingerprint density at radius 3 is 2.94 bits per heavy atom. The van der Waals surface area contributed by atoms with E-state index in [2.05, 4.69) is 36.2 Å². The van der Waals surface area contributed by atoms with Crippen LogP contribution in [-0.4, -0.2) is 26.6 Å². The largest absolute Gasteiger partial charge is 0.357 e. The molecule has 18 heavy (non-hydrogen) atoms. The summed E-state index contributed by atoms with van der Waals surface area (Å²) in [4.78, 5) is 24.4. The molecule has 0 aliphatic rings. The number of aryl methyl sites for hydroxylation is 1.